The van der Waals surface area contributed by atoms with Gasteiger partial charge in [-0.3, -0.25) is 9.52 Å². The van der Waals surface area contributed by atoms with Crippen LogP contribution in [0.25, 0.3) is 0 Å². The molecule has 0 unspecified atom stereocenters. The molecule has 162 valence electrons. The van der Waals surface area contributed by atoms with E-state index in [1.54, 1.807) is 0 Å². The highest BCUT2D eigenvalue weighted by molar-refractivity contribution is 7.92. The van der Waals surface area contributed by atoms with Gasteiger partial charge in [0, 0.05) is 17.8 Å². The molecule has 4 N–H and O–H groups in total. The molecule has 3 rings (SSSR count). The van der Waals surface area contributed by atoms with Gasteiger partial charge in [-0.05, 0) is 36.4 Å². The van der Waals surface area contributed by atoms with E-state index >= 15 is 0 Å². The number of amides is 1. The number of sulfonamides is 1. The number of phenolic OH excluding ortho intramolecular Hbond substituents is 2. The van der Waals surface area contributed by atoms with Crippen LogP contribution < -0.4 is 19.5 Å². The molecule has 2 aromatic carbocycles. The summed E-state index contributed by atoms with van der Waals surface area (Å²) in [7, 11) is -1.31. The molecule has 0 saturated heterocycles. The Morgan fingerprint density at radius 1 is 0.968 bits per heavy atom. The second-order valence-corrected chi connectivity index (χ2v) is 7.75. The fourth-order valence-corrected chi connectivity index (χ4v) is 3.47. The Kier molecular flexibility index (Phi) is 6.11. The minimum atomic E-state index is -4.00. The fraction of sp³-hybridized carbons (Fsp3) is 0.105. The minimum Gasteiger partial charge on any atom is -0.508 e. The SMILES string of the molecule is COc1cc(NS(=O)(=O)c2ccc(NC(=O)c3ccc(O)cc3O)cc2)nc(OC)n1. The Morgan fingerprint density at radius 2 is 1.68 bits per heavy atom. The number of carbonyl (C=O) groups excluding carboxylic acids is 1. The molecule has 0 atom stereocenters. The van der Waals surface area contributed by atoms with E-state index in [0.29, 0.717) is 5.69 Å². The predicted octanol–water partition coefficient (Wildman–Crippen LogP) is 1.96. The average Bonchev–Trinajstić information content (AvgIpc) is 2.73. The topological polar surface area (TPSA) is 160 Å². The number of hydrogen-bond donors (Lipinski definition) is 4. The van der Waals surface area contributed by atoms with Crippen molar-refractivity contribution in [2.45, 2.75) is 4.90 Å². The van der Waals surface area contributed by atoms with Gasteiger partial charge in [0.15, 0.2) is 5.82 Å². The maximum absolute atomic E-state index is 12.6. The third kappa shape index (κ3) is 5.11. The van der Waals surface area contributed by atoms with Crippen LogP contribution >= 0.6 is 0 Å². The van der Waals surface area contributed by atoms with E-state index in [2.05, 4.69) is 20.0 Å². The Morgan fingerprint density at radius 3 is 2.29 bits per heavy atom. The molecule has 12 heteroatoms. The summed E-state index contributed by atoms with van der Waals surface area (Å²) in [5.74, 6) is -1.15. The maximum Gasteiger partial charge on any atom is 0.321 e. The number of ether oxygens (including phenoxy) is 2. The highest BCUT2D eigenvalue weighted by atomic mass is 32.2. The van der Waals surface area contributed by atoms with Crippen molar-refractivity contribution in [3.8, 4) is 23.4 Å². The first-order chi connectivity index (χ1) is 14.7. The quantitative estimate of drug-likeness (QED) is 0.425. The van der Waals surface area contributed by atoms with Gasteiger partial charge in [-0.1, -0.05) is 0 Å². The zero-order valence-electron chi connectivity index (χ0n) is 16.4. The van der Waals surface area contributed by atoms with Gasteiger partial charge in [-0.25, -0.2) is 8.42 Å². The summed E-state index contributed by atoms with van der Waals surface area (Å²) in [6.07, 6.45) is 0. The van der Waals surface area contributed by atoms with Crippen LogP contribution in [-0.4, -0.2) is 48.7 Å². The van der Waals surface area contributed by atoms with Gasteiger partial charge in [-0.2, -0.15) is 9.97 Å². The standard InChI is InChI=1S/C19H18N4O7S/c1-29-17-10-16(21-19(22-17)30-2)23-31(27,28)13-6-3-11(4-7-13)20-18(26)14-8-5-12(24)9-15(14)25/h3-10,24-25H,1-2H3,(H,20,26)(H,21,22,23). The number of aromatic hydroxyl groups is 2. The molecule has 11 nitrogen and oxygen atoms in total. The van der Waals surface area contributed by atoms with Crippen LogP contribution in [0.4, 0.5) is 11.5 Å². The largest absolute Gasteiger partial charge is 0.508 e. The first kappa shape index (κ1) is 21.6. The second-order valence-electron chi connectivity index (χ2n) is 6.07. The monoisotopic (exact) mass is 446 g/mol. The summed E-state index contributed by atoms with van der Waals surface area (Å²) < 4.78 is 37.5. The Hall–Kier alpha value is -4.06. The van der Waals surface area contributed by atoms with Gasteiger partial charge in [0.25, 0.3) is 15.9 Å². The number of rotatable bonds is 7. The molecule has 0 aliphatic heterocycles. The third-order valence-corrected chi connectivity index (χ3v) is 5.33. The van der Waals surface area contributed by atoms with E-state index in [4.69, 9.17) is 9.47 Å². The predicted molar refractivity (Wildman–Crippen MR) is 110 cm³/mol. The van der Waals surface area contributed by atoms with Gasteiger partial charge in [0.2, 0.25) is 5.88 Å². The lowest BCUT2D eigenvalue weighted by Crippen LogP contribution is -2.15. The number of hydrogen-bond acceptors (Lipinski definition) is 9. The van der Waals surface area contributed by atoms with Crippen molar-refractivity contribution in [1.29, 1.82) is 0 Å². The lowest BCUT2D eigenvalue weighted by molar-refractivity contribution is 0.102. The minimum absolute atomic E-state index is 0.0520. The van der Waals surface area contributed by atoms with Crippen molar-refractivity contribution in [3.63, 3.8) is 0 Å². The molecule has 0 saturated carbocycles. The van der Waals surface area contributed by atoms with E-state index in [-0.39, 0.29) is 33.9 Å². The van der Waals surface area contributed by atoms with E-state index < -0.39 is 21.7 Å². The molecule has 0 spiro atoms. The van der Waals surface area contributed by atoms with Gasteiger partial charge in [0.1, 0.15) is 11.5 Å². The summed E-state index contributed by atoms with van der Waals surface area (Å²) in [5.41, 5.74) is 0.240. The lowest BCUT2D eigenvalue weighted by atomic mass is 10.1. The maximum atomic E-state index is 12.6. The molecule has 0 radical (unpaired) electrons. The number of carbonyl (C=O) groups is 1. The highest BCUT2D eigenvalue weighted by Crippen LogP contribution is 2.25. The van der Waals surface area contributed by atoms with Crippen LogP contribution in [0.1, 0.15) is 10.4 Å². The molecule has 0 fully saturated rings. The lowest BCUT2D eigenvalue weighted by Gasteiger charge is -2.11. The number of nitrogens with zero attached hydrogens (tertiary/aromatic N) is 2. The summed E-state index contributed by atoms with van der Waals surface area (Å²) in [6, 6.07) is 10.1. The molecular weight excluding hydrogens is 428 g/mol. The first-order valence-corrected chi connectivity index (χ1v) is 10.1. The van der Waals surface area contributed by atoms with Crippen LogP contribution in [-0.2, 0) is 10.0 Å². The molecule has 3 aromatic rings. The van der Waals surface area contributed by atoms with Crippen LogP contribution in [0.15, 0.2) is 53.4 Å². The molecule has 0 bridgehead atoms. The molecule has 1 amide bonds. The summed E-state index contributed by atoms with van der Waals surface area (Å²) in [6.45, 7) is 0. The highest BCUT2D eigenvalue weighted by Gasteiger charge is 2.18. The number of aromatic nitrogens is 2. The molecular formula is C19H18N4O7S. The number of methoxy groups -OCH3 is 2. The van der Waals surface area contributed by atoms with Gasteiger partial charge in [0.05, 0.1) is 24.7 Å². The smallest absolute Gasteiger partial charge is 0.321 e. The fourth-order valence-electron chi connectivity index (χ4n) is 2.48. The van der Waals surface area contributed by atoms with Crippen molar-refractivity contribution >= 4 is 27.4 Å². The van der Waals surface area contributed by atoms with Gasteiger partial charge >= 0.3 is 6.01 Å². The van der Waals surface area contributed by atoms with Crippen LogP contribution in [0.5, 0.6) is 23.4 Å². The third-order valence-electron chi connectivity index (χ3n) is 3.96. The van der Waals surface area contributed by atoms with Gasteiger partial charge < -0.3 is 25.0 Å². The summed E-state index contributed by atoms with van der Waals surface area (Å²) in [4.78, 5) is 20.0. The molecule has 1 aromatic heterocycles. The Balaban J connectivity index is 1.76. The van der Waals surface area contributed by atoms with Crippen molar-refractivity contribution in [2.75, 3.05) is 24.3 Å². The Labute approximate surface area is 177 Å². The normalized spacial score (nSPS) is 10.9. The van der Waals surface area contributed by atoms with Crippen molar-refractivity contribution in [3.05, 3.63) is 54.1 Å². The number of benzene rings is 2. The molecule has 1 heterocycles. The summed E-state index contributed by atoms with van der Waals surface area (Å²) >= 11 is 0. The Bertz CT molecular complexity index is 1190. The number of phenols is 2. The van der Waals surface area contributed by atoms with E-state index in [9.17, 15) is 23.4 Å². The number of nitrogens with one attached hydrogen (secondary N) is 2. The van der Waals surface area contributed by atoms with Crippen molar-refractivity contribution in [1.82, 2.24) is 9.97 Å². The molecule has 0 aliphatic rings. The average molecular weight is 446 g/mol. The molecule has 31 heavy (non-hydrogen) atoms. The first-order valence-electron chi connectivity index (χ1n) is 8.65. The zero-order valence-corrected chi connectivity index (χ0v) is 17.2. The van der Waals surface area contributed by atoms with E-state index in [0.717, 1.165) is 6.07 Å². The van der Waals surface area contributed by atoms with Gasteiger partial charge in [-0.15, -0.1) is 0 Å². The molecule has 0 aliphatic carbocycles. The van der Waals surface area contributed by atoms with E-state index in [1.807, 2.05) is 0 Å². The van der Waals surface area contributed by atoms with Crippen LogP contribution in [0.2, 0.25) is 0 Å². The van der Waals surface area contributed by atoms with Crippen molar-refractivity contribution < 1.29 is 32.9 Å². The van der Waals surface area contributed by atoms with E-state index in [1.165, 1.54) is 56.7 Å². The van der Waals surface area contributed by atoms with Crippen LogP contribution in [0.3, 0.4) is 0 Å². The zero-order chi connectivity index (χ0) is 22.6. The summed E-state index contributed by atoms with van der Waals surface area (Å²) in [5, 5.41) is 21.6. The number of anilines is 2. The second kappa shape index (κ2) is 8.75. The van der Waals surface area contributed by atoms with Crippen molar-refractivity contribution in [2.24, 2.45) is 0 Å². The van der Waals surface area contributed by atoms with Crippen LogP contribution in [0, 0.1) is 0 Å².